The number of nitrogens with one attached hydrogen (secondary N) is 1. The average molecular weight is 276 g/mol. The summed E-state index contributed by atoms with van der Waals surface area (Å²) in [6.45, 7) is 3.91. The first-order chi connectivity index (χ1) is 9.27. The quantitative estimate of drug-likeness (QED) is 0.851. The van der Waals surface area contributed by atoms with Gasteiger partial charge in [-0.05, 0) is 30.9 Å². The molecule has 1 aromatic carbocycles. The van der Waals surface area contributed by atoms with Gasteiger partial charge in [0.2, 0.25) is 5.91 Å². The lowest BCUT2D eigenvalue weighted by molar-refractivity contribution is -0.120. The van der Waals surface area contributed by atoms with E-state index in [2.05, 4.69) is 30.4 Å². The number of fused-ring (bicyclic) bond motifs is 1. The molecule has 0 saturated carbocycles. The highest BCUT2D eigenvalue weighted by Gasteiger charge is 2.30. The maximum atomic E-state index is 12.7. The van der Waals surface area contributed by atoms with Crippen molar-refractivity contribution in [1.82, 2.24) is 5.32 Å². The van der Waals surface area contributed by atoms with Crippen LogP contribution in [0.2, 0.25) is 0 Å². The Balaban J connectivity index is 1.88. The van der Waals surface area contributed by atoms with Crippen molar-refractivity contribution in [3.63, 3.8) is 0 Å². The molecule has 1 N–H and O–H groups in total. The van der Waals surface area contributed by atoms with Gasteiger partial charge in [0.1, 0.15) is 0 Å². The average Bonchev–Trinajstić information content (AvgIpc) is 2.47. The lowest BCUT2D eigenvalue weighted by atomic mass is 9.97. The van der Waals surface area contributed by atoms with Crippen molar-refractivity contribution in [2.45, 2.75) is 25.8 Å². The van der Waals surface area contributed by atoms with E-state index in [1.54, 1.807) is 0 Å². The number of carbonyl (C=O) groups excluding carboxylic acids is 1. The minimum absolute atomic E-state index is 0.00990. The van der Waals surface area contributed by atoms with Crippen molar-refractivity contribution in [2.75, 3.05) is 29.5 Å². The van der Waals surface area contributed by atoms with Crippen LogP contribution in [-0.2, 0) is 11.2 Å². The van der Waals surface area contributed by atoms with Gasteiger partial charge >= 0.3 is 0 Å². The van der Waals surface area contributed by atoms with Crippen LogP contribution in [0.3, 0.4) is 0 Å². The third kappa shape index (κ3) is 2.51. The summed E-state index contributed by atoms with van der Waals surface area (Å²) in [6.07, 6.45) is 2.16. The number of hydrogen-bond acceptors (Lipinski definition) is 3. The van der Waals surface area contributed by atoms with E-state index in [9.17, 15) is 4.79 Å². The summed E-state index contributed by atoms with van der Waals surface area (Å²) in [6, 6.07) is 6.35. The first-order valence-electron chi connectivity index (χ1n) is 6.98. The van der Waals surface area contributed by atoms with Crippen LogP contribution in [-0.4, -0.2) is 36.5 Å². The van der Waals surface area contributed by atoms with Gasteiger partial charge in [0.15, 0.2) is 0 Å². The van der Waals surface area contributed by atoms with E-state index in [0.717, 1.165) is 43.1 Å². The third-order valence-corrected chi connectivity index (χ3v) is 4.97. The van der Waals surface area contributed by atoms with E-state index in [-0.39, 0.29) is 11.9 Å². The van der Waals surface area contributed by atoms with Crippen LogP contribution in [0.15, 0.2) is 18.2 Å². The first kappa shape index (κ1) is 13.0. The van der Waals surface area contributed by atoms with Gasteiger partial charge in [0, 0.05) is 30.3 Å². The Bertz CT molecular complexity index is 483. The minimum atomic E-state index is -0.00990. The standard InChI is InChI=1S/C15H20N2OS/c1-11-4-2-5-12-6-3-8-17(14(11)12)15(18)13-10-19-9-7-16-13/h2,4-5,13,16H,3,6-10H2,1H3. The maximum absolute atomic E-state index is 12.7. The lowest BCUT2D eigenvalue weighted by Gasteiger charge is -2.34. The summed E-state index contributed by atoms with van der Waals surface area (Å²) < 4.78 is 0. The molecular formula is C15H20N2OS. The molecular weight excluding hydrogens is 256 g/mol. The van der Waals surface area contributed by atoms with Crippen LogP contribution in [0.25, 0.3) is 0 Å². The molecule has 1 aromatic rings. The molecule has 1 saturated heterocycles. The highest BCUT2D eigenvalue weighted by atomic mass is 32.2. The number of para-hydroxylation sites is 1. The molecule has 19 heavy (non-hydrogen) atoms. The molecule has 3 nitrogen and oxygen atoms in total. The molecule has 1 unspecified atom stereocenters. The second kappa shape index (κ2) is 5.55. The van der Waals surface area contributed by atoms with Crippen LogP contribution in [0.1, 0.15) is 17.5 Å². The number of hydrogen-bond donors (Lipinski definition) is 1. The molecule has 2 aliphatic rings. The Morgan fingerprint density at radius 1 is 1.47 bits per heavy atom. The third-order valence-electron chi connectivity index (χ3n) is 3.90. The van der Waals surface area contributed by atoms with Gasteiger partial charge in [-0.1, -0.05) is 18.2 Å². The summed E-state index contributed by atoms with van der Waals surface area (Å²) >= 11 is 1.87. The van der Waals surface area contributed by atoms with Gasteiger partial charge in [-0.2, -0.15) is 11.8 Å². The molecule has 0 radical (unpaired) electrons. The highest BCUT2D eigenvalue weighted by Crippen LogP contribution is 2.31. The maximum Gasteiger partial charge on any atom is 0.244 e. The first-order valence-corrected chi connectivity index (χ1v) is 8.14. The van der Waals surface area contributed by atoms with E-state index < -0.39 is 0 Å². The Morgan fingerprint density at radius 3 is 3.16 bits per heavy atom. The number of rotatable bonds is 1. The summed E-state index contributed by atoms with van der Waals surface area (Å²) in [5, 5.41) is 3.35. The second-order valence-electron chi connectivity index (χ2n) is 5.26. The molecule has 2 aliphatic heterocycles. The molecule has 1 atom stereocenters. The molecule has 1 fully saturated rings. The van der Waals surface area contributed by atoms with Gasteiger partial charge < -0.3 is 10.2 Å². The summed E-state index contributed by atoms with van der Waals surface area (Å²) in [5.41, 5.74) is 3.70. The van der Waals surface area contributed by atoms with Crippen molar-refractivity contribution in [3.8, 4) is 0 Å². The molecule has 0 spiro atoms. The normalized spacial score (nSPS) is 23.0. The second-order valence-corrected chi connectivity index (χ2v) is 6.41. The Morgan fingerprint density at radius 2 is 2.37 bits per heavy atom. The Hall–Kier alpha value is -1.000. The zero-order valence-corrected chi connectivity index (χ0v) is 12.1. The van der Waals surface area contributed by atoms with Crippen LogP contribution in [0, 0.1) is 6.92 Å². The topological polar surface area (TPSA) is 32.3 Å². The Kier molecular flexibility index (Phi) is 3.80. The Labute approximate surface area is 118 Å². The molecule has 102 valence electrons. The van der Waals surface area contributed by atoms with Crippen molar-refractivity contribution < 1.29 is 4.79 Å². The monoisotopic (exact) mass is 276 g/mol. The van der Waals surface area contributed by atoms with Crippen LogP contribution < -0.4 is 10.2 Å². The molecule has 4 heteroatoms. The summed E-state index contributed by atoms with van der Waals surface area (Å²) in [7, 11) is 0. The number of thioether (sulfide) groups is 1. The number of aryl methyl sites for hydroxylation is 2. The SMILES string of the molecule is Cc1cccc2c1N(C(=O)C1CSCCN1)CCC2. The largest absolute Gasteiger partial charge is 0.310 e. The van der Waals surface area contributed by atoms with Gasteiger partial charge in [0.25, 0.3) is 0 Å². The van der Waals surface area contributed by atoms with E-state index in [0.29, 0.717) is 0 Å². The van der Waals surface area contributed by atoms with Crippen molar-refractivity contribution in [2.24, 2.45) is 0 Å². The molecule has 0 aromatic heterocycles. The van der Waals surface area contributed by atoms with Crippen LogP contribution in [0.5, 0.6) is 0 Å². The van der Waals surface area contributed by atoms with Gasteiger partial charge in [-0.15, -0.1) is 0 Å². The number of carbonyl (C=O) groups is 1. The molecule has 3 rings (SSSR count). The molecule has 2 heterocycles. The van der Waals surface area contributed by atoms with Crippen molar-refractivity contribution >= 4 is 23.4 Å². The van der Waals surface area contributed by atoms with Crippen molar-refractivity contribution in [3.05, 3.63) is 29.3 Å². The minimum Gasteiger partial charge on any atom is -0.310 e. The molecule has 0 bridgehead atoms. The zero-order valence-electron chi connectivity index (χ0n) is 11.3. The fourth-order valence-electron chi connectivity index (χ4n) is 2.98. The predicted octanol–water partition coefficient (Wildman–Crippen LogP) is 1.98. The van der Waals surface area contributed by atoms with Crippen LogP contribution in [0.4, 0.5) is 5.69 Å². The van der Waals surface area contributed by atoms with Gasteiger partial charge in [-0.25, -0.2) is 0 Å². The lowest BCUT2D eigenvalue weighted by Crippen LogP contribution is -2.52. The van der Waals surface area contributed by atoms with Crippen LogP contribution >= 0.6 is 11.8 Å². The van der Waals surface area contributed by atoms with Crippen molar-refractivity contribution in [1.29, 1.82) is 0 Å². The van der Waals surface area contributed by atoms with E-state index in [1.807, 2.05) is 16.7 Å². The smallest absolute Gasteiger partial charge is 0.244 e. The molecule has 1 amide bonds. The number of anilines is 1. The van der Waals surface area contributed by atoms with E-state index >= 15 is 0 Å². The fraction of sp³-hybridized carbons (Fsp3) is 0.533. The number of benzene rings is 1. The zero-order chi connectivity index (χ0) is 13.2. The number of nitrogens with zero attached hydrogens (tertiary/aromatic N) is 1. The fourth-order valence-corrected chi connectivity index (χ4v) is 3.90. The summed E-state index contributed by atoms with van der Waals surface area (Å²) in [4.78, 5) is 14.7. The van der Waals surface area contributed by atoms with E-state index in [4.69, 9.17) is 0 Å². The van der Waals surface area contributed by atoms with E-state index in [1.165, 1.54) is 11.1 Å². The summed E-state index contributed by atoms with van der Waals surface area (Å²) in [5.74, 6) is 2.26. The molecule has 0 aliphatic carbocycles. The van der Waals surface area contributed by atoms with Gasteiger partial charge in [0.05, 0.1) is 6.04 Å². The highest BCUT2D eigenvalue weighted by molar-refractivity contribution is 7.99. The number of amides is 1. The van der Waals surface area contributed by atoms with Gasteiger partial charge in [-0.3, -0.25) is 4.79 Å². The predicted molar refractivity (Wildman–Crippen MR) is 81.0 cm³/mol.